The van der Waals surface area contributed by atoms with Crippen LogP contribution in [0.5, 0.6) is 0 Å². The molecular formula is C29H29N7. The largest absolute Gasteiger partial charge is 0.371 e. The molecule has 5 heterocycles. The van der Waals surface area contributed by atoms with Gasteiger partial charge in [0.05, 0.1) is 17.6 Å². The van der Waals surface area contributed by atoms with Gasteiger partial charge >= 0.3 is 0 Å². The number of piperidine rings is 1. The molecule has 5 aromatic rings. The highest BCUT2D eigenvalue weighted by molar-refractivity contribution is 6.00. The van der Waals surface area contributed by atoms with Gasteiger partial charge in [-0.3, -0.25) is 10.1 Å². The lowest BCUT2D eigenvalue weighted by Crippen LogP contribution is -2.29. The maximum absolute atomic E-state index is 4.67. The van der Waals surface area contributed by atoms with Crippen LogP contribution in [0.25, 0.3) is 44.5 Å². The second-order valence-electron chi connectivity index (χ2n) is 10.0. The number of benzene rings is 1. The van der Waals surface area contributed by atoms with E-state index in [0.29, 0.717) is 5.92 Å². The lowest BCUT2D eigenvalue weighted by Gasteiger charge is -2.29. The Morgan fingerprint density at radius 1 is 0.972 bits per heavy atom. The van der Waals surface area contributed by atoms with Crippen LogP contribution in [0.2, 0.25) is 0 Å². The third kappa shape index (κ3) is 3.81. The predicted octanol–water partition coefficient (Wildman–Crippen LogP) is 6.49. The van der Waals surface area contributed by atoms with E-state index in [-0.39, 0.29) is 0 Å². The van der Waals surface area contributed by atoms with Gasteiger partial charge < -0.3 is 15.2 Å². The van der Waals surface area contributed by atoms with Crippen molar-refractivity contribution in [1.29, 1.82) is 0 Å². The molecule has 7 nitrogen and oxygen atoms in total. The SMILES string of the molecule is C=C(Nc1cncc(-c2cnc3[nH]nc(-c4cc5c(N6CCCCC6)cccc5[nH]4)c3c2)c1)C1CC1. The molecule has 180 valence electrons. The molecule has 0 amide bonds. The molecule has 1 saturated carbocycles. The lowest BCUT2D eigenvalue weighted by atomic mass is 10.1. The van der Waals surface area contributed by atoms with E-state index in [9.17, 15) is 0 Å². The number of aromatic nitrogens is 5. The molecule has 7 rings (SSSR count). The van der Waals surface area contributed by atoms with Gasteiger partial charge in [-0.2, -0.15) is 5.10 Å². The minimum absolute atomic E-state index is 0.590. The summed E-state index contributed by atoms with van der Waals surface area (Å²) in [5.41, 5.74) is 9.12. The van der Waals surface area contributed by atoms with Gasteiger partial charge in [0.1, 0.15) is 5.69 Å². The molecule has 1 saturated heterocycles. The van der Waals surface area contributed by atoms with E-state index in [4.69, 9.17) is 0 Å². The first-order valence-corrected chi connectivity index (χ1v) is 12.9. The van der Waals surface area contributed by atoms with E-state index in [1.54, 1.807) is 0 Å². The van der Waals surface area contributed by atoms with Crippen LogP contribution in [-0.2, 0) is 0 Å². The van der Waals surface area contributed by atoms with Crippen molar-refractivity contribution in [3.63, 3.8) is 0 Å². The van der Waals surface area contributed by atoms with Crippen molar-refractivity contribution >= 4 is 33.3 Å². The van der Waals surface area contributed by atoms with Crippen LogP contribution in [0.1, 0.15) is 32.1 Å². The first-order valence-electron chi connectivity index (χ1n) is 12.9. The highest BCUT2D eigenvalue weighted by Gasteiger charge is 2.24. The molecule has 36 heavy (non-hydrogen) atoms. The number of hydrogen-bond donors (Lipinski definition) is 3. The van der Waals surface area contributed by atoms with Crippen LogP contribution in [0.3, 0.4) is 0 Å². The number of aromatic amines is 2. The smallest absolute Gasteiger partial charge is 0.155 e. The Morgan fingerprint density at radius 3 is 2.69 bits per heavy atom. The zero-order valence-electron chi connectivity index (χ0n) is 20.2. The normalized spacial score (nSPS) is 16.1. The number of allylic oxidation sites excluding steroid dienone is 1. The molecule has 2 aliphatic rings. The molecular weight excluding hydrogens is 446 g/mol. The molecule has 0 unspecified atom stereocenters. The van der Waals surface area contributed by atoms with Crippen molar-refractivity contribution in [2.45, 2.75) is 32.1 Å². The molecule has 3 N–H and O–H groups in total. The Bertz CT molecular complexity index is 1580. The summed E-state index contributed by atoms with van der Waals surface area (Å²) in [7, 11) is 0. The summed E-state index contributed by atoms with van der Waals surface area (Å²) in [5, 5.41) is 13.4. The summed E-state index contributed by atoms with van der Waals surface area (Å²) in [6, 6.07) is 13.0. The average molecular weight is 476 g/mol. The molecule has 7 heteroatoms. The van der Waals surface area contributed by atoms with Crippen LogP contribution in [0, 0.1) is 5.92 Å². The van der Waals surface area contributed by atoms with Gasteiger partial charge in [-0.25, -0.2) is 4.98 Å². The van der Waals surface area contributed by atoms with Crippen molar-refractivity contribution in [2.75, 3.05) is 23.3 Å². The van der Waals surface area contributed by atoms with Gasteiger partial charge in [-0.05, 0) is 68.4 Å². The zero-order chi connectivity index (χ0) is 24.1. The minimum Gasteiger partial charge on any atom is -0.371 e. The number of pyridine rings is 2. The molecule has 1 aliphatic heterocycles. The number of fused-ring (bicyclic) bond motifs is 2. The van der Waals surface area contributed by atoms with Crippen LogP contribution in [0.15, 0.2) is 67.3 Å². The summed E-state index contributed by atoms with van der Waals surface area (Å²) in [4.78, 5) is 15.2. The van der Waals surface area contributed by atoms with Gasteiger partial charge in [0.15, 0.2) is 5.65 Å². The summed E-state index contributed by atoms with van der Waals surface area (Å²) in [6.07, 6.45) is 11.9. The number of nitrogens with one attached hydrogen (secondary N) is 3. The quantitative estimate of drug-likeness (QED) is 0.261. The summed E-state index contributed by atoms with van der Waals surface area (Å²) in [5.74, 6) is 0.590. The predicted molar refractivity (Wildman–Crippen MR) is 146 cm³/mol. The zero-order valence-corrected chi connectivity index (χ0v) is 20.2. The maximum Gasteiger partial charge on any atom is 0.155 e. The van der Waals surface area contributed by atoms with E-state index in [2.05, 4.69) is 78.3 Å². The van der Waals surface area contributed by atoms with E-state index in [0.717, 1.165) is 63.5 Å². The standard InChI is InChI=1S/C29H29N7/c1-18(19-8-9-19)32-22-12-20(15-30-17-22)21-13-24-28(34-35-29(24)31-16-21)26-14-23-25(33-26)6-5-7-27(23)36-10-3-2-4-11-36/h5-7,12-17,19,32-33H,1-4,8-11H2,(H,31,34,35). The van der Waals surface area contributed by atoms with Crippen molar-refractivity contribution in [3.8, 4) is 22.5 Å². The Morgan fingerprint density at radius 2 is 1.83 bits per heavy atom. The second kappa shape index (κ2) is 8.52. The first-order chi connectivity index (χ1) is 17.7. The fraction of sp³-hybridized carbons (Fsp3) is 0.276. The number of rotatable bonds is 6. The summed E-state index contributed by atoms with van der Waals surface area (Å²) in [6.45, 7) is 6.42. The fourth-order valence-corrected chi connectivity index (χ4v) is 5.33. The number of H-pyrrole nitrogens is 2. The average Bonchev–Trinajstić information content (AvgIpc) is 3.55. The molecule has 2 fully saturated rings. The van der Waals surface area contributed by atoms with Crippen molar-refractivity contribution in [1.82, 2.24) is 25.1 Å². The lowest BCUT2D eigenvalue weighted by molar-refractivity contribution is 0.579. The van der Waals surface area contributed by atoms with Crippen molar-refractivity contribution in [2.24, 2.45) is 5.92 Å². The fourth-order valence-electron chi connectivity index (χ4n) is 5.33. The van der Waals surface area contributed by atoms with Crippen LogP contribution < -0.4 is 10.2 Å². The van der Waals surface area contributed by atoms with E-state index < -0.39 is 0 Å². The third-order valence-electron chi connectivity index (χ3n) is 7.46. The number of hydrogen-bond acceptors (Lipinski definition) is 5. The van der Waals surface area contributed by atoms with Gasteiger partial charge in [-0.15, -0.1) is 0 Å². The van der Waals surface area contributed by atoms with E-state index >= 15 is 0 Å². The molecule has 1 aliphatic carbocycles. The van der Waals surface area contributed by atoms with E-state index in [1.807, 2.05) is 18.6 Å². The van der Waals surface area contributed by atoms with Crippen LogP contribution in [0.4, 0.5) is 11.4 Å². The maximum atomic E-state index is 4.67. The Labute approximate surface area is 209 Å². The van der Waals surface area contributed by atoms with Crippen LogP contribution in [-0.4, -0.2) is 38.2 Å². The molecule has 0 bridgehead atoms. The van der Waals surface area contributed by atoms with E-state index in [1.165, 1.54) is 43.2 Å². The number of anilines is 2. The molecule has 0 radical (unpaired) electrons. The monoisotopic (exact) mass is 475 g/mol. The summed E-state index contributed by atoms with van der Waals surface area (Å²) < 4.78 is 0. The molecule has 4 aromatic heterocycles. The highest BCUT2D eigenvalue weighted by atomic mass is 15.2. The number of nitrogens with zero attached hydrogens (tertiary/aromatic N) is 4. The van der Waals surface area contributed by atoms with Gasteiger partial charge in [-0.1, -0.05) is 12.6 Å². The van der Waals surface area contributed by atoms with Crippen LogP contribution >= 0.6 is 0 Å². The molecule has 1 aromatic carbocycles. The van der Waals surface area contributed by atoms with Gasteiger partial charge in [0, 0.05) is 64.3 Å². The molecule has 0 spiro atoms. The third-order valence-corrected chi connectivity index (χ3v) is 7.46. The van der Waals surface area contributed by atoms with Crippen molar-refractivity contribution < 1.29 is 0 Å². The minimum atomic E-state index is 0.590. The molecule has 0 atom stereocenters. The Hall–Kier alpha value is -4.13. The Balaban J connectivity index is 1.25. The second-order valence-corrected chi connectivity index (χ2v) is 10.0. The van der Waals surface area contributed by atoms with Crippen molar-refractivity contribution in [3.05, 3.63) is 67.3 Å². The van der Waals surface area contributed by atoms with Gasteiger partial charge in [0.25, 0.3) is 0 Å². The first kappa shape index (κ1) is 21.2. The highest BCUT2D eigenvalue weighted by Crippen LogP contribution is 2.37. The topological polar surface area (TPSA) is 85.5 Å². The van der Waals surface area contributed by atoms with Gasteiger partial charge in [0.2, 0.25) is 0 Å². The summed E-state index contributed by atoms with van der Waals surface area (Å²) >= 11 is 0. The Kier molecular flexibility index (Phi) is 5.01.